The lowest BCUT2D eigenvalue weighted by Crippen LogP contribution is -2.34. The Labute approximate surface area is 165 Å². The van der Waals surface area contributed by atoms with Gasteiger partial charge < -0.3 is 18.9 Å². The Morgan fingerprint density at radius 2 is 1.21 bits per heavy atom. The molecule has 1 aliphatic heterocycles. The highest BCUT2D eigenvalue weighted by Crippen LogP contribution is 2.42. The number of methoxy groups -OCH3 is 2. The number of rotatable bonds is 8. The lowest BCUT2D eigenvalue weighted by molar-refractivity contribution is 0.00426. The van der Waals surface area contributed by atoms with E-state index >= 15 is 0 Å². The van der Waals surface area contributed by atoms with E-state index in [4.69, 9.17) is 18.9 Å². The molecule has 4 rings (SSSR count). The number of hydrogen-bond acceptors (Lipinski definition) is 4. The van der Waals surface area contributed by atoms with Crippen molar-refractivity contribution in [1.29, 1.82) is 0 Å². The first-order valence-electron chi connectivity index (χ1n) is 9.36. The van der Waals surface area contributed by atoms with Crippen molar-refractivity contribution in [2.45, 2.75) is 11.7 Å². The minimum Gasteiger partial charge on any atom is -0.497 e. The quantitative estimate of drug-likeness (QED) is 0.431. The Bertz CT molecular complexity index is 837. The van der Waals surface area contributed by atoms with Crippen LogP contribution in [0.2, 0.25) is 0 Å². The summed E-state index contributed by atoms with van der Waals surface area (Å²) in [5.74, 6) is 1.62. The number of hydrogen-bond donors (Lipinski definition) is 0. The van der Waals surface area contributed by atoms with Crippen LogP contribution in [-0.2, 0) is 15.1 Å². The maximum Gasteiger partial charge on any atom is 0.143 e. The molecule has 4 heteroatoms. The van der Waals surface area contributed by atoms with Gasteiger partial charge in [-0.1, -0.05) is 54.6 Å². The van der Waals surface area contributed by atoms with Crippen LogP contribution in [0.5, 0.6) is 11.5 Å². The summed E-state index contributed by atoms with van der Waals surface area (Å²) in [7, 11) is 3.34. The smallest absolute Gasteiger partial charge is 0.143 e. The normalized spacial score (nSPS) is 15.9. The Morgan fingerprint density at radius 3 is 1.64 bits per heavy atom. The SMILES string of the molecule is COc1ccc(C(OC[C@@H]2CO2)(c2ccccc2)c2ccc(OC)cc2)cc1. The van der Waals surface area contributed by atoms with E-state index in [1.807, 2.05) is 42.5 Å². The van der Waals surface area contributed by atoms with Crippen LogP contribution in [-0.4, -0.2) is 33.5 Å². The van der Waals surface area contributed by atoms with Gasteiger partial charge in [-0.2, -0.15) is 0 Å². The van der Waals surface area contributed by atoms with Crippen molar-refractivity contribution in [3.8, 4) is 11.5 Å². The standard InChI is InChI=1S/C24H24O4/c1-25-21-12-8-19(9-13-21)24(28-17-23-16-27-23,18-6-4-3-5-7-18)20-10-14-22(26-2)15-11-20/h3-15,23H,16-17H2,1-2H3/t23-/m0/s1. The molecule has 3 aromatic carbocycles. The van der Waals surface area contributed by atoms with Gasteiger partial charge in [-0.15, -0.1) is 0 Å². The minimum absolute atomic E-state index is 0.152. The largest absolute Gasteiger partial charge is 0.497 e. The molecule has 0 radical (unpaired) electrons. The molecule has 28 heavy (non-hydrogen) atoms. The average molecular weight is 376 g/mol. The van der Waals surface area contributed by atoms with Gasteiger partial charge in [-0.05, 0) is 41.0 Å². The van der Waals surface area contributed by atoms with Gasteiger partial charge in [0.15, 0.2) is 0 Å². The van der Waals surface area contributed by atoms with Gasteiger partial charge in [0.2, 0.25) is 0 Å². The van der Waals surface area contributed by atoms with Gasteiger partial charge in [-0.25, -0.2) is 0 Å². The predicted octanol–water partition coefficient (Wildman–Crippen LogP) is 4.41. The second-order valence-corrected chi connectivity index (χ2v) is 6.77. The van der Waals surface area contributed by atoms with E-state index in [1.165, 1.54) is 0 Å². The van der Waals surface area contributed by atoms with Gasteiger partial charge >= 0.3 is 0 Å². The highest BCUT2D eigenvalue weighted by molar-refractivity contribution is 5.49. The molecule has 4 nitrogen and oxygen atoms in total. The number of benzene rings is 3. The molecule has 0 aliphatic carbocycles. The van der Waals surface area contributed by atoms with Crippen molar-refractivity contribution in [1.82, 2.24) is 0 Å². The first kappa shape index (κ1) is 18.5. The summed E-state index contributed by atoms with van der Waals surface area (Å²) in [5, 5.41) is 0. The van der Waals surface area contributed by atoms with Crippen LogP contribution in [0.4, 0.5) is 0 Å². The summed E-state index contributed by atoms with van der Waals surface area (Å²) in [6.07, 6.45) is 0.152. The van der Waals surface area contributed by atoms with E-state index in [2.05, 4.69) is 36.4 Å². The fraction of sp³-hybridized carbons (Fsp3) is 0.250. The van der Waals surface area contributed by atoms with E-state index in [1.54, 1.807) is 14.2 Å². The van der Waals surface area contributed by atoms with Gasteiger partial charge in [0, 0.05) is 0 Å². The Kier molecular flexibility index (Phi) is 5.33. The molecule has 0 spiro atoms. The molecule has 0 saturated carbocycles. The summed E-state index contributed by atoms with van der Waals surface area (Å²) >= 11 is 0. The first-order chi connectivity index (χ1) is 13.8. The molecule has 1 heterocycles. The molecule has 0 aromatic heterocycles. The van der Waals surface area contributed by atoms with Crippen LogP contribution in [0.3, 0.4) is 0 Å². The predicted molar refractivity (Wildman–Crippen MR) is 108 cm³/mol. The highest BCUT2D eigenvalue weighted by atomic mass is 16.6. The van der Waals surface area contributed by atoms with E-state index in [-0.39, 0.29) is 6.10 Å². The van der Waals surface area contributed by atoms with Crippen molar-refractivity contribution in [2.24, 2.45) is 0 Å². The second kappa shape index (κ2) is 8.05. The van der Waals surface area contributed by atoms with Crippen molar-refractivity contribution in [2.75, 3.05) is 27.4 Å². The van der Waals surface area contributed by atoms with Crippen LogP contribution in [0.1, 0.15) is 16.7 Å². The van der Waals surface area contributed by atoms with Gasteiger partial charge in [0.25, 0.3) is 0 Å². The van der Waals surface area contributed by atoms with Crippen LogP contribution < -0.4 is 9.47 Å². The summed E-state index contributed by atoms with van der Waals surface area (Å²) in [6.45, 7) is 1.27. The molecule has 1 fully saturated rings. The van der Waals surface area contributed by atoms with Crippen molar-refractivity contribution in [3.63, 3.8) is 0 Å². The van der Waals surface area contributed by atoms with E-state index in [9.17, 15) is 0 Å². The van der Waals surface area contributed by atoms with Crippen molar-refractivity contribution in [3.05, 3.63) is 95.6 Å². The van der Waals surface area contributed by atoms with Gasteiger partial charge in [-0.3, -0.25) is 0 Å². The summed E-state index contributed by atoms with van der Waals surface area (Å²) in [6, 6.07) is 26.4. The highest BCUT2D eigenvalue weighted by Gasteiger charge is 2.39. The third kappa shape index (κ3) is 3.61. The molecule has 1 atom stereocenters. The maximum absolute atomic E-state index is 6.65. The van der Waals surface area contributed by atoms with Crippen LogP contribution >= 0.6 is 0 Å². The Hall–Kier alpha value is -2.82. The third-order valence-electron chi connectivity index (χ3n) is 5.06. The topological polar surface area (TPSA) is 40.2 Å². The Morgan fingerprint density at radius 1 is 0.750 bits per heavy atom. The third-order valence-corrected chi connectivity index (χ3v) is 5.06. The number of ether oxygens (including phenoxy) is 4. The molecule has 0 amide bonds. The van der Waals surface area contributed by atoms with E-state index < -0.39 is 5.60 Å². The monoisotopic (exact) mass is 376 g/mol. The average Bonchev–Trinajstić information content (AvgIpc) is 3.60. The van der Waals surface area contributed by atoms with E-state index in [0.717, 1.165) is 34.8 Å². The molecule has 3 aromatic rings. The van der Waals surface area contributed by atoms with Gasteiger partial charge in [0.05, 0.1) is 27.4 Å². The van der Waals surface area contributed by atoms with Crippen LogP contribution in [0.25, 0.3) is 0 Å². The van der Waals surface area contributed by atoms with Crippen LogP contribution in [0.15, 0.2) is 78.9 Å². The first-order valence-corrected chi connectivity index (χ1v) is 9.36. The number of epoxide rings is 1. The summed E-state index contributed by atoms with van der Waals surface area (Å²) in [5.41, 5.74) is 2.37. The molecular formula is C24H24O4. The second-order valence-electron chi connectivity index (χ2n) is 6.77. The zero-order valence-electron chi connectivity index (χ0n) is 16.1. The summed E-state index contributed by atoms with van der Waals surface area (Å²) < 4.78 is 22.8. The maximum atomic E-state index is 6.65. The Balaban J connectivity index is 1.88. The van der Waals surface area contributed by atoms with Crippen molar-refractivity contribution < 1.29 is 18.9 Å². The molecule has 0 N–H and O–H groups in total. The lowest BCUT2D eigenvalue weighted by atomic mass is 9.80. The molecular weight excluding hydrogens is 352 g/mol. The van der Waals surface area contributed by atoms with Crippen LogP contribution in [0, 0.1) is 0 Å². The zero-order chi connectivity index (χ0) is 19.4. The zero-order valence-corrected chi connectivity index (χ0v) is 16.1. The fourth-order valence-electron chi connectivity index (χ4n) is 3.46. The fourth-order valence-corrected chi connectivity index (χ4v) is 3.46. The molecule has 1 saturated heterocycles. The molecule has 144 valence electrons. The summed E-state index contributed by atoms with van der Waals surface area (Å²) in [4.78, 5) is 0. The molecule has 1 aliphatic rings. The van der Waals surface area contributed by atoms with E-state index in [0.29, 0.717) is 6.61 Å². The van der Waals surface area contributed by atoms with Crippen molar-refractivity contribution >= 4 is 0 Å². The lowest BCUT2D eigenvalue weighted by Gasteiger charge is -2.36. The molecule has 0 bridgehead atoms. The van der Waals surface area contributed by atoms with Gasteiger partial charge in [0.1, 0.15) is 23.2 Å². The minimum atomic E-state index is -0.758. The molecule has 0 unspecified atom stereocenters.